The van der Waals surface area contributed by atoms with Gasteiger partial charge in [-0.3, -0.25) is 4.79 Å². The summed E-state index contributed by atoms with van der Waals surface area (Å²) in [6.45, 7) is 3.40. The molecular formula is C20H24N2O2. The molecule has 0 spiro atoms. The number of hydrogen-bond acceptors (Lipinski definition) is 3. The Bertz CT molecular complexity index is 660. The molecule has 2 N–H and O–H groups in total. The molecule has 1 amide bonds. The Balaban J connectivity index is 1.85. The Morgan fingerprint density at radius 2 is 1.79 bits per heavy atom. The summed E-state index contributed by atoms with van der Waals surface area (Å²) in [7, 11) is 0. The molecule has 126 valence electrons. The van der Waals surface area contributed by atoms with Gasteiger partial charge >= 0.3 is 0 Å². The van der Waals surface area contributed by atoms with Crippen LogP contribution in [-0.4, -0.2) is 29.9 Å². The molecule has 2 aromatic rings. The molecule has 0 saturated carbocycles. The van der Waals surface area contributed by atoms with Crippen molar-refractivity contribution in [3.05, 3.63) is 66.2 Å². The van der Waals surface area contributed by atoms with Crippen LogP contribution in [0.15, 0.2) is 60.7 Å². The number of nitrogens with zero attached hydrogens (tertiary/aromatic N) is 1. The van der Waals surface area contributed by atoms with Crippen LogP contribution < -0.4 is 10.5 Å². The Morgan fingerprint density at radius 3 is 2.38 bits per heavy atom. The number of benzene rings is 2. The lowest BCUT2D eigenvalue weighted by Gasteiger charge is -2.27. The zero-order valence-electron chi connectivity index (χ0n) is 14.0. The van der Waals surface area contributed by atoms with E-state index in [9.17, 15) is 4.79 Å². The van der Waals surface area contributed by atoms with Crippen molar-refractivity contribution in [1.82, 2.24) is 4.90 Å². The number of amides is 1. The van der Waals surface area contributed by atoms with Crippen molar-refractivity contribution in [2.45, 2.75) is 25.5 Å². The van der Waals surface area contributed by atoms with Gasteiger partial charge in [-0.1, -0.05) is 48.5 Å². The van der Waals surface area contributed by atoms with Gasteiger partial charge in [0, 0.05) is 18.2 Å². The minimum absolute atomic E-state index is 0.00787. The van der Waals surface area contributed by atoms with Gasteiger partial charge < -0.3 is 15.4 Å². The number of hydrogen-bond donors (Lipinski definition) is 1. The van der Waals surface area contributed by atoms with Crippen LogP contribution in [0.1, 0.15) is 25.0 Å². The lowest BCUT2D eigenvalue weighted by atomic mass is 10.1. The van der Waals surface area contributed by atoms with E-state index >= 15 is 0 Å². The maximum absolute atomic E-state index is 13.2. The molecule has 24 heavy (non-hydrogen) atoms. The molecule has 1 aliphatic heterocycles. The third-order valence-corrected chi connectivity index (χ3v) is 4.60. The predicted octanol–water partition coefficient (Wildman–Crippen LogP) is 3.00. The molecule has 1 saturated heterocycles. The second-order valence-corrected chi connectivity index (χ2v) is 6.40. The average Bonchev–Trinajstić information content (AvgIpc) is 3.02. The Kier molecular flexibility index (Phi) is 5.16. The first-order valence-electron chi connectivity index (χ1n) is 8.46. The lowest BCUT2D eigenvalue weighted by Crippen LogP contribution is -2.39. The van der Waals surface area contributed by atoms with Gasteiger partial charge in [0.2, 0.25) is 6.10 Å². The average molecular weight is 324 g/mol. The molecule has 0 aromatic heterocycles. The largest absolute Gasteiger partial charge is 0.476 e. The number of ether oxygens (including phenoxy) is 1. The first-order valence-corrected chi connectivity index (χ1v) is 8.46. The maximum atomic E-state index is 13.2. The molecule has 4 nitrogen and oxygen atoms in total. The Morgan fingerprint density at radius 1 is 1.17 bits per heavy atom. The van der Waals surface area contributed by atoms with Crippen molar-refractivity contribution in [3.63, 3.8) is 0 Å². The summed E-state index contributed by atoms with van der Waals surface area (Å²) >= 11 is 0. The third-order valence-electron chi connectivity index (χ3n) is 4.60. The van der Waals surface area contributed by atoms with Gasteiger partial charge in [0.25, 0.3) is 5.91 Å². The third kappa shape index (κ3) is 3.60. The van der Waals surface area contributed by atoms with E-state index in [0.29, 0.717) is 24.8 Å². The summed E-state index contributed by atoms with van der Waals surface area (Å²) in [5.41, 5.74) is 6.67. The van der Waals surface area contributed by atoms with Gasteiger partial charge in [-0.15, -0.1) is 0 Å². The van der Waals surface area contributed by atoms with Crippen LogP contribution in [0.5, 0.6) is 5.75 Å². The van der Waals surface area contributed by atoms with Crippen LogP contribution >= 0.6 is 0 Å². The van der Waals surface area contributed by atoms with E-state index in [1.165, 1.54) is 0 Å². The fraction of sp³-hybridized carbons (Fsp3) is 0.350. The van der Waals surface area contributed by atoms with E-state index in [1.54, 1.807) is 0 Å². The van der Waals surface area contributed by atoms with Crippen molar-refractivity contribution < 1.29 is 9.53 Å². The van der Waals surface area contributed by atoms with Gasteiger partial charge in [0.15, 0.2) is 0 Å². The van der Waals surface area contributed by atoms with E-state index < -0.39 is 6.10 Å². The number of rotatable bonds is 5. The Hall–Kier alpha value is -2.33. The quantitative estimate of drug-likeness (QED) is 0.920. The molecule has 0 radical (unpaired) electrons. The molecule has 0 aliphatic carbocycles. The fourth-order valence-electron chi connectivity index (χ4n) is 3.29. The van der Waals surface area contributed by atoms with Gasteiger partial charge in [-0.2, -0.15) is 0 Å². The standard InChI is InChI=1S/C20H24N2O2/c1-15-12-16(13-21)14-22(15)20(23)19(17-8-4-2-5-9-17)24-18-10-6-3-7-11-18/h2-11,15-16,19H,12-14,21H2,1H3. The van der Waals surface area contributed by atoms with Gasteiger partial charge in [0.1, 0.15) is 5.75 Å². The highest BCUT2D eigenvalue weighted by atomic mass is 16.5. The van der Waals surface area contributed by atoms with Crippen LogP contribution in [0, 0.1) is 5.92 Å². The molecule has 1 heterocycles. The van der Waals surface area contributed by atoms with Crippen LogP contribution in [0.25, 0.3) is 0 Å². The lowest BCUT2D eigenvalue weighted by molar-refractivity contribution is -0.139. The molecule has 3 unspecified atom stereocenters. The minimum Gasteiger partial charge on any atom is -0.476 e. The van der Waals surface area contributed by atoms with Crippen molar-refractivity contribution in [3.8, 4) is 5.75 Å². The number of carbonyl (C=O) groups excluding carboxylic acids is 1. The summed E-state index contributed by atoms with van der Waals surface area (Å²) in [6.07, 6.45) is 0.322. The van der Waals surface area contributed by atoms with Crippen LogP contribution in [0.2, 0.25) is 0 Å². The van der Waals surface area contributed by atoms with E-state index in [0.717, 1.165) is 12.0 Å². The highest BCUT2D eigenvalue weighted by molar-refractivity contribution is 5.83. The van der Waals surface area contributed by atoms with Gasteiger partial charge in [-0.25, -0.2) is 0 Å². The van der Waals surface area contributed by atoms with Crippen molar-refractivity contribution in [2.75, 3.05) is 13.1 Å². The summed E-state index contributed by atoms with van der Waals surface area (Å²) < 4.78 is 6.07. The van der Waals surface area contributed by atoms with Crippen molar-refractivity contribution in [1.29, 1.82) is 0 Å². The summed E-state index contributed by atoms with van der Waals surface area (Å²) in [5.74, 6) is 1.08. The first kappa shape index (κ1) is 16.5. The molecule has 1 fully saturated rings. The molecule has 1 aliphatic rings. The first-order chi connectivity index (χ1) is 11.7. The summed E-state index contributed by atoms with van der Waals surface area (Å²) in [5, 5.41) is 0. The second kappa shape index (κ2) is 7.49. The normalized spacial score (nSPS) is 21.5. The van der Waals surface area contributed by atoms with Gasteiger partial charge in [0.05, 0.1) is 0 Å². The fourth-order valence-corrected chi connectivity index (χ4v) is 3.29. The molecule has 2 aromatic carbocycles. The Labute approximate surface area is 143 Å². The summed E-state index contributed by atoms with van der Waals surface area (Å²) in [4.78, 5) is 15.1. The van der Waals surface area contributed by atoms with Crippen LogP contribution in [-0.2, 0) is 4.79 Å². The molecule has 0 bridgehead atoms. The monoisotopic (exact) mass is 324 g/mol. The number of carbonyl (C=O) groups is 1. The van der Waals surface area contributed by atoms with E-state index in [1.807, 2.05) is 65.6 Å². The molecule has 3 rings (SSSR count). The van der Waals surface area contributed by atoms with Gasteiger partial charge in [-0.05, 0) is 37.9 Å². The number of nitrogens with two attached hydrogens (primary N) is 1. The highest BCUT2D eigenvalue weighted by Gasteiger charge is 2.36. The number of para-hydroxylation sites is 1. The highest BCUT2D eigenvalue weighted by Crippen LogP contribution is 2.29. The minimum atomic E-state index is -0.632. The second-order valence-electron chi connectivity index (χ2n) is 6.40. The smallest absolute Gasteiger partial charge is 0.268 e. The van der Waals surface area contributed by atoms with Crippen LogP contribution in [0.3, 0.4) is 0 Å². The van der Waals surface area contributed by atoms with Crippen LogP contribution in [0.4, 0.5) is 0 Å². The maximum Gasteiger partial charge on any atom is 0.268 e. The molecule has 3 atom stereocenters. The summed E-state index contributed by atoms with van der Waals surface area (Å²) in [6, 6.07) is 19.4. The van der Waals surface area contributed by atoms with Crippen molar-refractivity contribution in [2.24, 2.45) is 11.7 Å². The zero-order valence-corrected chi connectivity index (χ0v) is 14.0. The number of likely N-dealkylation sites (tertiary alicyclic amines) is 1. The molecular weight excluding hydrogens is 300 g/mol. The predicted molar refractivity (Wildman–Crippen MR) is 94.6 cm³/mol. The molecule has 4 heteroatoms. The SMILES string of the molecule is CC1CC(CN)CN1C(=O)C(Oc1ccccc1)c1ccccc1. The zero-order chi connectivity index (χ0) is 16.9. The topological polar surface area (TPSA) is 55.6 Å². The van der Waals surface area contributed by atoms with E-state index in [4.69, 9.17) is 10.5 Å². The van der Waals surface area contributed by atoms with Crippen molar-refractivity contribution >= 4 is 5.91 Å². The van der Waals surface area contributed by atoms with E-state index in [2.05, 4.69) is 6.92 Å². The van der Waals surface area contributed by atoms with E-state index in [-0.39, 0.29) is 11.9 Å².